The summed E-state index contributed by atoms with van der Waals surface area (Å²) in [5, 5.41) is 22.9. The molecule has 3 aromatic carbocycles. The number of benzene rings is 3. The summed E-state index contributed by atoms with van der Waals surface area (Å²) in [6.07, 6.45) is 0. The van der Waals surface area contributed by atoms with Crippen molar-refractivity contribution in [1.29, 1.82) is 0 Å². The summed E-state index contributed by atoms with van der Waals surface area (Å²) in [6, 6.07) is 20.3. The molecule has 1 aliphatic heterocycles. The van der Waals surface area contributed by atoms with Crippen LogP contribution in [0.5, 0.6) is 5.75 Å². The smallest absolute Gasteiger partial charge is 0.384 e. The molecule has 33 heavy (non-hydrogen) atoms. The summed E-state index contributed by atoms with van der Waals surface area (Å²) in [7, 11) is 0. The first kappa shape index (κ1) is 19.3. The first-order valence-corrected chi connectivity index (χ1v) is 10.9. The zero-order valence-electron chi connectivity index (χ0n) is 16.9. The summed E-state index contributed by atoms with van der Waals surface area (Å²) in [6.45, 7) is 0. The van der Waals surface area contributed by atoms with Crippen molar-refractivity contribution < 1.29 is 14.3 Å². The van der Waals surface area contributed by atoms with Gasteiger partial charge in [0.25, 0.3) is 11.2 Å². The van der Waals surface area contributed by atoms with Gasteiger partial charge in [0, 0.05) is 23.1 Å². The number of aromatic hydroxyl groups is 1. The van der Waals surface area contributed by atoms with E-state index in [1.165, 1.54) is 23.5 Å². The van der Waals surface area contributed by atoms with Crippen LogP contribution in [-0.2, 0) is 0 Å². The van der Waals surface area contributed by atoms with Crippen LogP contribution in [0.2, 0.25) is 0 Å². The number of non-ortho nitro benzene ring substituents is 1. The van der Waals surface area contributed by atoms with Crippen LogP contribution in [0.3, 0.4) is 0 Å². The average Bonchev–Trinajstić information content (AvgIpc) is 3.36. The molecule has 0 saturated heterocycles. The number of hydrogen-bond acceptors (Lipinski definition) is 6. The number of aromatic amines is 1. The molecular weight excluding hydrogens is 440 g/mol. The highest BCUT2D eigenvalue weighted by Crippen LogP contribution is 2.35. The van der Waals surface area contributed by atoms with Gasteiger partial charge in [-0.05, 0) is 47.7 Å². The Morgan fingerprint density at radius 1 is 1.03 bits per heavy atom. The van der Waals surface area contributed by atoms with Crippen LogP contribution >= 0.6 is 11.3 Å². The number of nitrogens with one attached hydrogen (secondary N) is 1. The first-order chi connectivity index (χ1) is 16.0. The summed E-state index contributed by atoms with van der Waals surface area (Å²) >= 11 is 1.48. The third-order valence-corrected chi connectivity index (χ3v) is 6.84. The van der Waals surface area contributed by atoms with Crippen LogP contribution in [0, 0.1) is 15.8 Å². The Labute approximate surface area is 189 Å². The van der Waals surface area contributed by atoms with E-state index in [-0.39, 0.29) is 17.0 Å². The molecule has 0 spiro atoms. The standard InChI is InChI=1S/C24H14N4O4S/c29-22-15-5-1-2-6-16(15)25-23(30)19(22)21-20(13-9-11-14(12-10-13)28(31)32)26-24-27(21)17-7-3-4-8-18(17)33-24/h1-12,20H,(H,25,29,30)/p+1. The van der Waals surface area contributed by atoms with E-state index in [4.69, 9.17) is 4.99 Å². The lowest BCUT2D eigenvalue weighted by atomic mass is 9.96. The molecular formula is C24H15N4O4S+. The van der Waals surface area contributed by atoms with Gasteiger partial charge in [-0.1, -0.05) is 29.3 Å². The Kier molecular flexibility index (Phi) is 4.14. The lowest BCUT2D eigenvalue weighted by Gasteiger charge is -2.10. The number of thiazole rings is 1. The molecule has 5 aromatic rings. The number of hydrogen-bond donors (Lipinski definition) is 2. The monoisotopic (exact) mass is 455 g/mol. The zero-order valence-corrected chi connectivity index (χ0v) is 17.7. The van der Waals surface area contributed by atoms with Gasteiger partial charge in [0.1, 0.15) is 11.3 Å². The van der Waals surface area contributed by atoms with Crippen LogP contribution in [0.4, 0.5) is 5.69 Å². The predicted molar refractivity (Wildman–Crippen MR) is 123 cm³/mol. The largest absolute Gasteiger partial charge is 0.506 e. The number of aromatic nitrogens is 2. The number of para-hydroxylation sites is 2. The van der Waals surface area contributed by atoms with Gasteiger partial charge < -0.3 is 10.1 Å². The summed E-state index contributed by atoms with van der Waals surface area (Å²) in [4.78, 5) is 32.3. The van der Waals surface area contributed by atoms with Gasteiger partial charge in [-0.25, -0.2) is 0 Å². The number of pyridine rings is 1. The molecule has 9 heteroatoms. The van der Waals surface area contributed by atoms with Gasteiger partial charge in [-0.15, -0.1) is 0 Å². The fraction of sp³-hybridized carbons (Fsp3) is 0.0417. The number of H-pyrrole nitrogens is 1. The third-order valence-electron chi connectivity index (χ3n) is 5.81. The van der Waals surface area contributed by atoms with Crippen molar-refractivity contribution in [3.63, 3.8) is 0 Å². The van der Waals surface area contributed by atoms with E-state index < -0.39 is 16.5 Å². The van der Waals surface area contributed by atoms with Crippen molar-refractivity contribution in [2.75, 3.05) is 0 Å². The Hall–Kier alpha value is -4.37. The van der Waals surface area contributed by atoms with Gasteiger partial charge in [0.2, 0.25) is 6.04 Å². The van der Waals surface area contributed by atoms with Crippen molar-refractivity contribution in [1.82, 2.24) is 4.98 Å². The molecule has 0 saturated carbocycles. The second-order valence-corrected chi connectivity index (χ2v) is 8.69. The molecule has 160 valence electrons. The van der Waals surface area contributed by atoms with Crippen LogP contribution in [0.15, 0.2) is 82.6 Å². The van der Waals surface area contributed by atoms with Gasteiger partial charge >= 0.3 is 4.80 Å². The van der Waals surface area contributed by atoms with Crippen LogP contribution in [-0.4, -0.2) is 15.0 Å². The second kappa shape index (κ2) is 7.07. The van der Waals surface area contributed by atoms with E-state index >= 15 is 0 Å². The normalized spacial score (nSPS) is 15.0. The van der Waals surface area contributed by atoms with Gasteiger partial charge in [0.15, 0.2) is 11.2 Å². The molecule has 0 aliphatic carbocycles. The van der Waals surface area contributed by atoms with E-state index in [2.05, 4.69) is 4.98 Å². The molecule has 6 rings (SSSR count). The molecule has 0 radical (unpaired) electrons. The third kappa shape index (κ3) is 2.86. The maximum Gasteiger partial charge on any atom is 0.384 e. The van der Waals surface area contributed by atoms with Crippen molar-refractivity contribution in [2.45, 2.75) is 6.04 Å². The van der Waals surface area contributed by atoms with Crippen LogP contribution in [0.1, 0.15) is 17.2 Å². The number of rotatable bonds is 3. The minimum atomic E-state index is -0.616. The molecule has 1 atom stereocenters. The Balaban J connectivity index is 1.71. The summed E-state index contributed by atoms with van der Waals surface area (Å²) < 4.78 is 2.89. The highest BCUT2D eigenvalue weighted by molar-refractivity contribution is 7.15. The Morgan fingerprint density at radius 3 is 2.55 bits per heavy atom. The van der Waals surface area contributed by atoms with Crippen LogP contribution < -0.4 is 14.6 Å². The fourth-order valence-corrected chi connectivity index (χ4v) is 5.36. The predicted octanol–water partition coefficient (Wildman–Crippen LogP) is 3.45. The molecule has 2 aromatic heterocycles. The average molecular weight is 455 g/mol. The minimum absolute atomic E-state index is 0.0300. The molecule has 0 amide bonds. The fourth-order valence-electron chi connectivity index (χ4n) is 4.31. The number of nitrogens with zero attached hydrogens (tertiary/aromatic N) is 3. The first-order valence-electron chi connectivity index (χ1n) is 10.1. The van der Waals surface area contributed by atoms with Crippen molar-refractivity contribution in [3.8, 4) is 5.75 Å². The van der Waals surface area contributed by atoms with Gasteiger partial charge in [0.05, 0.1) is 15.1 Å². The molecule has 0 bridgehead atoms. The summed E-state index contributed by atoms with van der Waals surface area (Å²) in [5.41, 5.74) is 2.27. The Morgan fingerprint density at radius 2 is 1.76 bits per heavy atom. The molecule has 1 aliphatic rings. The lowest BCUT2D eigenvalue weighted by molar-refractivity contribution is -0.498. The molecule has 8 nitrogen and oxygen atoms in total. The highest BCUT2D eigenvalue weighted by Gasteiger charge is 2.38. The molecule has 3 heterocycles. The van der Waals surface area contributed by atoms with Gasteiger partial charge in [-0.3, -0.25) is 14.9 Å². The zero-order chi connectivity index (χ0) is 22.7. The van der Waals surface area contributed by atoms with Gasteiger partial charge in [-0.2, -0.15) is 4.24 Å². The number of nitro benzene ring substituents is 1. The topological polar surface area (TPSA) is 114 Å². The van der Waals surface area contributed by atoms with Crippen molar-refractivity contribution >= 4 is 38.1 Å². The van der Waals surface area contributed by atoms with E-state index in [0.29, 0.717) is 27.0 Å². The maximum atomic E-state index is 13.3. The quantitative estimate of drug-likeness (QED) is 0.246. The van der Waals surface area contributed by atoms with E-state index in [1.807, 2.05) is 28.5 Å². The van der Waals surface area contributed by atoms with Crippen molar-refractivity contribution in [2.24, 2.45) is 4.99 Å². The highest BCUT2D eigenvalue weighted by atomic mass is 32.1. The molecule has 1 unspecified atom stereocenters. The summed E-state index contributed by atoms with van der Waals surface area (Å²) in [5.74, 6) is -0.123. The van der Waals surface area contributed by atoms with Crippen molar-refractivity contribution in [3.05, 3.63) is 115 Å². The lowest BCUT2D eigenvalue weighted by Crippen LogP contribution is -2.35. The van der Waals surface area contributed by atoms with E-state index in [1.54, 1.807) is 36.4 Å². The number of nitro groups is 1. The Bertz CT molecular complexity index is 1790. The van der Waals surface area contributed by atoms with Crippen LogP contribution in [0.25, 0.3) is 21.1 Å². The molecule has 2 N–H and O–H groups in total. The second-order valence-electron chi connectivity index (χ2n) is 7.68. The maximum absolute atomic E-state index is 13.3. The number of fused-ring (bicyclic) bond motifs is 4. The molecule has 0 fully saturated rings. The van der Waals surface area contributed by atoms with E-state index in [9.17, 15) is 20.0 Å². The minimum Gasteiger partial charge on any atom is -0.506 e. The van der Waals surface area contributed by atoms with E-state index in [0.717, 1.165) is 10.2 Å². The SMILES string of the molecule is O=c1[nH]c2ccccc2c(O)c1C1=[n+]2c(sc3ccccc32)=NC1c1ccc([N+](=O)[O-])cc1.